The Morgan fingerprint density at radius 1 is 1.26 bits per heavy atom. The molecular formula is C15H24N4. The van der Waals surface area contributed by atoms with Gasteiger partial charge >= 0.3 is 0 Å². The van der Waals surface area contributed by atoms with Crippen molar-refractivity contribution in [2.75, 3.05) is 0 Å². The Morgan fingerprint density at radius 2 is 2.11 bits per heavy atom. The van der Waals surface area contributed by atoms with Gasteiger partial charge in [-0.25, -0.2) is 0 Å². The first-order chi connectivity index (χ1) is 9.22. The summed E-state index contributed by atoms with van der Waals surface area (Å²) < 4.78 is 2.29. The van der Waals surface area contributed by atoms with Crippen LogP contribution in [0.5, 0.6) is 0 Å². The first kappa shape index (κ1) is 11.9. The molecule has 1 aliphatic heterocycles. The zero-order chi connectivity index (χ0) is 13.0. The van der Waals surface area contributed by atoms with Gasteiger partial charge in [-0.1, -0.05) is 0 Å². The molecule has 0 bridgehead atoms. The van der Waals surface area contributed by atoms with Crippen molar-refractivity contribution in [2.24, 2.45) is 17.8 Å². The molecule has 0 aromatic carbocycles. The number of hydrogen-bond acceptors (Lipinski definition) is 3. The Labute approximate surface area is 115 Å². The summed E-state index contributed by atoms with van der Waals surface area (Å²) in [7, 11) is 0. The van der Waals surface area contributed by atoms with Crippen molar-refractivity contribution in [2.45, 2.75) is 64.6 Å². The van der Waals surface area contributed by atoms with E-state index in [0.717, 1.165) is 36.5 Å². The lowest BCUT2D eigenvalue weighted by atomic mass is 10.0. The molecule has 0 spiro atoms. The predicted molar refractivity (Wildman–Crippen MR) is 73.8 cm³/mol. The Balaban J connectivity index is 1.35. The first-order valence-electron chi connectivity index (χ1n) is 7.87. The maximum atomic E-state index is 4.25. The van der Waals surface area contributed by atoms with E-state index < -0.39 is 0 Å². The Morgan fingerprint density at radius 3 is 2.89 bits per heavy atom. The molecule has 2 saturated carbocycles. The summed E-state index contributed by atoms with van der Waals surface area (Å²) in [6, 6.07) is 1.30. The van der Waals surface area contributed by atoms with Crippen LogP contribution in [0.25, 0.3) is 0 Å². The van der Waals surface area contributed by atoms with Gasteiger partial charge in [-0.05, 0) is 57.3 Å². The molecule has 104 valence electrons. The maximum absolute atomic E-state index is 4.25. The van der Waals surface area contributed by atoms with Crippen LogP contribution in [0.15, 0.2) is 0 Å². The Kier molecular flexibility index (Phi) is 2.69. The van der Waals surface area contributed by atoms with Crippen LogP contribution in [0.2, 0.25) is 0 Å². The minimum atomic E-state index is 0.609. The zero-order valence-corrected chi connectivity index (χ0v) is 12.0. The van der Waals surface area contributed by atoms with E-state index in [9.17, 15) is 0 Å². The number of fused-ring (bicyclic) bond motifs is 1. The monoisotopic (exact) mass is 260 g/mol. The van der Waals surface area contributed by atoms with Gasteiger partial charge in [0.15, 0.2) is 0 Å². The minimum Gasteiger partial charge on any atom is -0.314 e. The van der Waals surface area contributed by atoms with Gasteiger partial charge in [0.1, 0.15) is 11.6 Å². The van der Waals surface area contributed by atoms with E-state index >= 15 is 0 Å². The second kappa shape index (κ2) is 4.30. The van der Waals surface area contributed by atoms with Crippen molar-refractivity contribution >= 4 is 0 Å². The van der Waals surface area contributed by atoms with Gasteiger partial charge in [-0.15, -0.1) is 10.2 Å². The summed E-state index contributed by atoms with van der Waals surface area (Å²) in [5, 5.41) is 12.3. The van der Waals surface area contributed by atoms with Gasteiger partial charge in [0.25, 0.3) is 0 Å². The van der Waals surface area contributed by atoms with E-state index in [1.54, 1.807) is 0 Å². The molecule has 0 saturated heterocycles. The summed E-state index contributed by atoms with van der Waals surface area (Å²) in [6.07, 6.45) is 6.76. The van der Waals surface area contributed by atoms with E-state index in [-0.39, 0.29) is 0 Å². The molecule has 0 amide bonds. The molecule has 19 heavy (non-hydrogen) atoms. The molecule has 2 aliphatic carbocycles. The van der Waals surface area contributed by atoms with Crippen molar-refractivity contribution in [3.05, 3.63) is 11.6 Å². The third-order valence-corrected chi connectivity index (χ3v) is 5.39. The van der Waals surface area contributed by atoms with Crippen molar-refractivity contribution in [3.63, 3.8) is 0 Å². The molecule has 4 heteroatoms. The third-order valence-electron chi connectivity index (χ3n) is 5.39. The van der Waals surface area contributed by atoms with Crippen molar-refractivity contribution < 1.29 is 0 Å². The molecule has 1 aromatic rings. The van der Waals surface area contributed by atoms with E-state index in [1.165, 1.54) is 31.5 Å². The van der Waals surface area contributed by atoms with E-state index in [2.05, 4.69) is 33.9 Å². The highest BCUT2D eigenvalue weighted by Gasteiger charge is 2.49. The van der Waals surface area contributed by atoms with Gasteiger partial charge in [0.2, 0.25) is 0 Å². The lowest BCUT2D eigenvalue weighted by molar-refractivity contribution is 0.323. The highest BCUT2D eigenvalue weighted by atomic mass is 15.3. The van der Waals surface area contributed by atoms with Gasteiger partial charge in [0.05, 0.1) is 0 Å². The number of aromatic nitrogens is 3. The number of hydrogen-bond donors (Lipinski definition) is 1. The summed E-state index contributed by atoms with van der Waals surface area (Å²) >= 11 is 0. The predicted octanol–water partition coefficient (Wildman–Crippen LogP) is 1.93. The van der Waals surface area contributed by atoms with Gasteiger partial charge < -0.3 is 9.88 Å². The van der Waals surface area contributed by atoms with Crippen molar-refractivity contribution in [1.29, 1.82) is 0 Å². The van der Waals surface area contributed by atoms with Gasteiger partial charge in [-0.2, -0.15) is 0 Å². The van der Waals surface area contributed by atoms with Crippen LogP contribution < -0.4 is 5.32 Å². The molecular weight excluding hydrogens is 236 g/mol. The quantitative estimate of drug-likeness (QED) is 0.899. The fraction of sp³-hybridized carbons (Fsp3) is 0.867. The maximum Gasteiger partial charge on any atom is 0.133 e. The normalized spacial score (nSPS) is 34.9. The number of nitrogens with one attached hydrogen (secondary N) is 1. The average molecular weight is 260 g/mol. The average Bonchev–Trinajstić information content (AvgIpc) is 3.27. The smallest absolute Gasteiger partial charge is 0.133 e. The van der Waals surface area contributed by atoms with Crippen LogP contribution in [0.3, 0.4) is 0 Å². The molecule has 4 atom stereocenters. The second-order valence-corrected chi connectivity index (χ2v) is 6.87. The van der Waals surface area contributed by atoms with E-state index in [4.69, 9.17) is 0 Å². The van der Waals surface area contributed by atoms with Gasteiger partial charge in [-0.3, -0.25) is 0 Å². The van der Waals surface area contributed by atoms with E-state index in [0.29, 0.717) is 12.1 Å². The molecule has 2 heterocycles. The summed E-state index contributed by atoms with van der Waals surface area (Å²) in [5.41, 5.74) is 0. The van der Waals surface area contributed by atoms with Crippen LogP contribution in [0.1, 0.15) is 44.3 Å². The van der Waals surface area contributed by atoms with E-state index in [1.807, 2.05) is 0 Å². The zero-order valence-electron chi connectivity index (χ0n) is 12.0. The molecule has 0 radical (unpaired) electrons. The summed E-state index contributed by atoms with van der Waals surface area (Å²) in [4.78, 5) is 0. The topological polar surface area (TPSA) is 42.7 Å². The van der Waals surface area contributed by atoms with Crippen molar-refractivity contribution in [1.82, 2.24) is 20.1 Å². The standard InChI is InChI=1S/C15H24N4/c1-9(13-7-14(13)11-3-4-11)16-12-5-6-15-18-17-10(2)19(15)8-12/h9,11-14,16H,3-8H2,1-2H3/t9?,12?,13-,14-/m0/s1. The molecule has 3 aliphatic rings. The largest absolute Gasteiger partial charge is 0.314 e. The van der Waals surface area contributed by atoms with Crippen LogP contribution in [-0.4, -0.2) is 26.8 Å². The third kappa shape index (κ3) is 2.20. The molecule has 2 unspecified atom stereocenters. The fourth-order valence-electron chi connectivity index (χ4n) is 3.97. The molecule has 4 nitrogen and oxygen atoms in total. The number of aryl methyl sites for hydroxylation is 2. The van der Waals surface area contributed by atoms with Gasteiger partial charge in [0, 0.05) is 25.0 Å². The van der Waals surface area contributed by atoms with Crippen molar-refractivity contribution in [3.8, 4) is 0 Å². The highest BCUT2D eigenvalue weighted by molar-refractivity contribution is 5.03. The van der Waals surface area contributed by atoms with Crippen LogP contribution in [0, 0.1) is 24.7 Å². The number of nitrogens with zero attached hydrogens (tertiary/aromatic N) is 3. The highest BCUT2D eigenvalue weighted by Crippen LogP contribution is 2.55. The molecule has 2 fully saturated rings. The van der Waals surface area contributed by atoms with Crippen LogP contribution >= 0.6 is 0 Å². The lowest BCUT2D eigenvalue weighted by Crippen LogP contribution is -2.43. The molecule has 1 aromatic heterocycles. The summed E-state index contributed by atoms with van der Waals surface area (Å²) in [5.74, 6) is 5.34. The lowest BCUT2D eigenvalue weighted by Gasteiger charge is -2.28. The Hall–Kier alpha value is -0.900. The SMILES string of the molecule is Cc1nnc2n1CC(NC(C)[C@@H]1C[C@H]1C1CC1)CC2. The summed E-state index contributed by atoms with van der Waals surface area (Å²) in [6.45, 7) is 5.51. The Bertz CT molecular complexity index is 476. The van der Waals surface area contributed by atoms with Crippen LogP contribution in [0.4, 0.5) is 0 Å². The second-order valence-electron chi connectivity index (χ2n) is 6.87. The minimum absolute atomic E-state index is 0.609. The molecule has 1 N–H and O–H groups in total. The molecule has 4 rings (SSSR count). The van der Waals surface area contributed by atoms with Crippen LogP contribution in [-0.2, 0) is 13.0 Å². The number of rotatable bonds is 4. The fourth-order valence-corrected chi connectivity index (χ4v) is 3.97. The first-order valence-corrected chi connectivity index (χ1v) is 7.87.